The largest absolute Gasteiger partial charge is 0.460 e. The second kappa shape index (κ2) is 6.93. The Bertz CT molecular complexity index is 774. The van der Waals surface area contributed by atoms with Crippen LogP contribution in [0.25, 0.3) is 0 Å². The molecule has 0 radical (unpaired) electrons. The monoisotopic (exact) mass is 338 g/mol. The van der Waals surface area contributed by atoms with E-state index in [0.717, 1.165) is 11.1 Å². The topological polar surface area (TPSA) is 98.5 Å². The number of hydrogen-bond donors (Lipinski definition) is 1. The van der Waals surface area contributed by atoms with Gasteiger partial charge in [-0.25, -0.2) is 8.42 Å². The van der Waals surface area contributed by atoms with E-state index in [1.165, 1.54) is 13.8 Å². The van der Waals surface area contributed by atoms with Gasteiger partial charge in [0.15, 0.2) is 5.76 Å². The molecule has 0 unspecified atom stereocenters. The molecule has 0 fully saturated rings. The number of carbonyl (C=O) groups excluding carboxylic acids is 1. The van der Waals surface area contributed by atoms with Crippen molar-refractivity contribution in [1.29, 1.82) is 0 Å². The van der Waals surface area contributed by atoms with Crippen molar-refractivity contribution in [2.45, 2.75) is 32.3 Å². The number of benzene rings is 1. The van der Waals surface area contributed by atoms with Crippen molar-refractivity contribution in [1.82, 2.24) is 9.88 Å². The van der Waals surface area contributed by atoms with Crippen molar-refractivity contribution < 1.29 is 22.5 Å². The van der Waals surface area contributed by atoms with Gasteiger partial charge >= 0.3 is 5.97 Å². The second-order valence-corrected chi connectivity index (χ2v) is 6.83. The molecule has 0 atom stereocenters. The van der Waals surface area contributed by atoms with Crippen LogP contribution in [0.4, 0.5) is 0 Å². The predicted molar refractivity (Wildman–Crippen MR) is 82.1 cm³/mol. The van der Waals surface area contributed by atoms with Crippen LogP contribution in [0.5, 0.6) is 0 Å². The van der Waals surface area contributed by atoms with E-state index < -0.39 is 22.5 Å². The van der Waals surface area contributed by atoms with Gasteiger partial charge in [-0.15, -0.1) is 0 Å². The van der Waals surface area contributed by atoms with Crippen LogP contribution in [-0.2, 0) is 26.2 Å². The minimum atomic E-state index is -3.87. The summed E-state index contributed by atoms with van der Waals surface area (Å²) in [5, 5.41) is 3.58. The fourth-order valence-corrected chi connectivity index (χ4v) is 3.28. The van der Waals surface area contributed by atoms with Crippen molar-refractivity contribution in [3.05, 3.63) is 46.8 Å². The molecule has 0 aliphatic rings. The quantitative estimate of drug-likeness (QED) is 0.804. The van der Waals surface area contributed by atoms with Crippen molar-refractivity contribution >= 4 is 16.0 Å². The lowest BCUT2D eigenvalue weighted by molar-refractivity contribution is -0.143. The summed E-state index contributed by atoms with van der Waals surface area (Å²) in [6.45, 7) is 4.59. The molecule has 8 heteroatoms. The summed E-state index contributed by atoms with van der Waals surface area (Å²) in [6, 6.07) is 7.50. The van der Waals surface area contributed by atoms with Crippen LogP contribution in [0.2, 0.25) is 0 Å². The molecule has 1 N–H and O–H groups in total. The first kappa shape index (κ1) is 17.2. The molecule has 0 saturated carbocycles. The molecule has 0 aliphatic heterocycles. The highest BCUT2D eigenvalue weighted by Gasteiger charge is 2.24. The van der Waals surface area contributed by atoms with Gasteiger partial charge in [-0.2, -0.15) is 4.72 Å². The van der Waals surface area contributed by atoms with Crippen molar-refractivity contribution in [3.63, 3.8) is 0 Å². The van der Waals surface area contributed by atoms with Gasteiger partial charge in [0.1, 0.15) is 23.7 Å². The van der Waals surface area contributed by atoms with Gasteiger partial charge in [0, 0.05) is 0 Å². The molecule has 2 rings (SSSR count). The third kappa shape index (κ3) is 4.40. The fourth-order valence-electron chi connectivity index (χ4n) is 1.98. The molecule has 0 aliphatic carbocycles. The van der Waals surface area contributed by atoms with E-state index in [1.54, 1.807) is 0 Å². The van der Waals surface area contributed by atoms with Crippen molar-refractivity contribution in [3.8, 4) is 0 Å². The van der Waals surface area contributed by atoms with Gasteiger partial charge in [-0.1, -0.05) is 35.0 Å². The molecule has 1 aromatic heterocycles. The standard InChI is InChI=1S/C15H18N2O5S/c1-10-4-6-13(7-5-10)9-21-14(18)8-16-23(19,20)15-11(2)17-22-12(15)3/h4-7,16H,8-9H2,1-3H3. The fraction of sp³-hybridized carbons (Fsp3) is 0.333. The summed E-state index contributed by atoms with van der Waals surface area (Å²) in [4.78, 5) is 11.6. The molecule has 2 aromatic rings. The van der Waals surface area contributed by atoms with Crippen LogP contribution in [0.15, 0.2) is 33.7 Å². The van der Waals surface area contributed by atoms with E-state index in [9.17, 15) is 13.2 Å². The van der Waals surface area contributed by atoms with Crippen LogP contribution >= 0.6 is 0 Å². The molecule has 1 heterocycles. The van der Waals surface area contributed by atoms with Gasteiger partial charge in [-0.05, 0) is 26.3 Å². The highest BCUT2D eigenvalue weighted by molar-refractivity contribution is 7.89. The van der Waals surface area contributed by atoms with Gasteiger partial charge in [0.05, 0.1) is 0 Å². The molecule has 7 nitrogen and oxygen atoms in total. The Morgan fingerprint density at radius 3 is 2.43 bits per heavy atom. The minimum absolute atomic E-state index is 0.0520. The lowest BCUT2D eigenvalue weighted by atomic mass is 10.2. The van der Waals surface area contributed by atoms with E-state index in [0.29, 0.717) is 0 Å². The van der Waals surface area contributed by atoms with Gasteiger partial charge < -0.3 is 9.26 Å². The number of ether oxygens (including phenoxy) is 1. The number of hydrogen-bond acceptors (Lipinski definition) is 6. The summed E-state index contributed by atoms with van der Waals surface area (Å²) in [5.41, 5.74) is 2.17. The molecule has 0 spiro atoms. The van der Waals surface area contributed by atoms with E-state index in [4.69, 9.17) is 9.26 Å². The number of esters is 1. The Kier molecular flexibility index (Phi) is 5.17. The first-order valence-electron chi connectivity index (χ1n) is 6.93. The molecular formula is C15H18N2O5S. The predicted octanol–water partition coefficient (Wildman–Crippen LogP) is 1.62. The lowest BCUT2D eigenvalue weighted by Crippen LogP contribution is -2.31. The van der Waals surface area contributed by atoms with Gasteiger partial charge in [0.25, 0.3) is 0 Å². The van der Waals surface area contributed by atoms with E-state index in [-0.39, 0.29) is 23.0 Å². The normalized spacial score (nSPS) is 11.4. The number of aromatic nitrogens is 1. The first-order chi connectivity index (χ1) is 10.8. The Balaban J connectivity index is 1.90. The molecule has 0 amide bonds. The Labute approximate surface area is 134 Å². The molecular weight excluding hydrogens is 320 g/mol. The SMILES string of the molecule is Cc1ccc(COC(=O)CNS(=O)(=O)c2c(C)noc2C)cc1. The van der Waals surface area contributed by atoms with Gasteiger partial charge in [0.2, 0.25) is 10.0 Å². The maximum Gasteiger partial charge on any atom is 0.321 e. The maximum atomic E-state index is 12.1. The average molecular weight is 338 g/mol. The molecule has 124 valence electrons. The van der Waals surface area contributed by atoms with Crippen LogP contribution in [0, 0.1) is 20.8 Å². The Morgan fingerprint density at radius 2 is 1.87 bits per heavy atom. The molecule has 23 heavy (non-hydrogen) atoms. The smallest absolute Gasteiger partial charge is 0.321 e. The number of nitrogens with zero attached hydrogens (tertiary/aromatic N) is 1. The van der Waals surface area contributed by atoms with Gasteiger partial charge in [-0.3, -0.25) is 4.79 Å². The summed E-state index contributed by atoms with van der Waals surface area (Å²) in [7, 11) is -3.87. The van der Waals surface area contributed by atoms with Crippen LogP contribution < -0.4 is 4.72 Å². The molecule has 0 saturated heterocycles. The number of rotatable bonds is 6. The van der Waals surface area contributed by atoms with Crippen molar-refractivity contribution in [2.75, 3.05) is 6.54 Å². The average Bonchev–Trinajstić information content (AvgIpc) is 2.84. The zero-order valence-electron chi connectivity index (χ0n) is 13.1. The van der Waals surface area contributed by atoms with E-state index in [2.05, 4.69) is 9.88 Å². The maximum absolute atomic E-state index is 12.1. The summed E-state index contributed by atoms with van der Waals surface area (Å²) >= 11 is 0. The summed E-state index contributed by atoms with van der Waals surface area (Å²) in [6.07, 6.45) is 0. The second-order valence-electron chi connectivity index (χ2n) is 5.12. The zero-order chi connectivity index (χ0) is 17.0. The Morgan fingerprint density at radius 1 is 1.22 bits per heavy atom. The Hall–Kier alpha value is -2.19. The van der Waals surface area contributed by atoms with Crippen molar-refractivity contribution in [2.24, 2.45) is 0 Å². The third-order valence-electron chi connectivity index (χ3n) is 3.16. The summed E-state index contributed by atoms with van der Waals surface area (Å²) in [5.74, 6) is -0.496. The lowest BCUT2D eigenvalue weighted by Gasteiger charge is -2.07. The van der Waals surface area contributed by atoms with Crippen LogP contribution in [0.1, 0.15) is 22.6 Å². The molecule has 1 aromatic carbocycles. The van der Waals surface area contributed by atoms with Crippen LogP contribution in [-0.4, -0.2) is 26.1 Å². The highest BCUT2D eigenvalue weighted by Crippen LogP contribution is 2.18. The first-order valence-corrected chi connectivity index (χ1v) is 8.41. The number of nitrogens with one attached hydrogen (secondary N) is 1. The molecule has 0 bridgehead atoms. The number of sulfonamides is 1. The number of aryl methyl sites for hydroxylation is 3. The number of carbonyl (C=O) groups is 1. The zero-order valence-corrected chi connectivity index (χ0v) is 13.9. The van der Waals surface area contributed by atoms with E-state index in [1.807, 2.05) is 31.2 Å². The highest BCUT2D eigenvalue weighted by atomic mass is 32.2. The summed E-state index contributed by atoms with van der Waals surface area (Å²) < 4.78 is 36.3. The third-order valence-corrected chi connectivity index (χ3v) is 4.81. The van der Waals surface area contributed by atoms with E-state index >= 15 is 0 Å². The minimum Gasteiger partial charge on any atom is -0.460 e. The van der Waals surface area contributed by atoms with Crippen LogP contribution in [0.3, 0.4) is 0 Å².